The summed E-state index contributed by atoms with van der Waals surface area (Å²) in [6.45, 7) is 9.59. The summed E-state index contributed by atoms with van der Waals surface area (Å²) < 4.78 is 7.65. The topological polar surface area (TPSA) is 39.1 Å². The average Bonchev–Trinajstić information content (AvgIpc) is 3.20. The van der Waals surface area contributed by atoms with Crippen LogP contribution in [0.4, 0.5) is 5.13 Å². The van der Waals surface area contributed by atoms with Crippen molar-refractivity contribution in [3.8, 4) is 17.0 Å². The second-order valence-electron chi connectivity index (χ2n) is 5.89. The number of ether oxygens (including phenoxy) is 1. The highest BCUT2D eigenvalue weighted by molar-refractivity contribution is 7.14. The molecule has 3 aromatic rings. The molecule has 0 aliphatic rings. The number of thiazole rings is 1. The van der Waals surface area contributed by atoms with Crippen molar-refractivity contribution in [1.29, 1.82) is 0 Å². The highest BCUT2D eigenvalue weighted by atomic mass is 32.1. The number of allylic oxidation sites excluding steroid dienone is 1. The molecule has 0 aliphatic carbocycles. The SMILES string of the molecule is C=CCn1c(C)cc(-c2csc(NCc3ccccc3OC)n2)c1C. The summed E-state index contributed by atoms with van der Waals surface area (Å²) in [6.07, 6.45) is 1.92. The number of nitrogens with one attached hydrogen (secondary N) is 1. The Labute approximate surface area is 152 Å². The van der Waals surface area contributed by atoms with Gasteiger partial charge in [0.15, 0.2) is 5.13 Å². The van der Waals surface area contributed by atoms with Gasteiger partial charge in [-0.2, -0.15) is 0 Å². The van der Waals surface area contributed by atoms with Crippen LogP contribution in [0.15, 0.2) is 48.4 Å². The van der Waals surface area contributed by atoms with Gasteiger partial charge in [0.1, 0.15) is 5.75 Å². The lowest BCUT2D eigenvalue weighted by atomic mass is 10.2. The minimum atomic E-state index is 0.687. The Morgan fingerprint density at radius 3 is 2.88 bits per heavy atom. The van der Waals surface area contributed by atoms with Gasteiger partial charge < -0.3 is 14.6 Å². The van der Waals surface area contributed by atoms with E-state index in [1.54, 1.807) is 18.4 Å². The van der Waals surface area contributed by atoms with Crippen molar-refractivity contribution in [2.24, 2.45) is 0 Å². The number of methoxy groups -OCH3 is 1. The number of aryl methyl sites for hydroxylation is 1. The predicted molar refractivity (Wildman–Crippen MR) is 106 cm³/mol. The first kappa shape index (κ1) is 17.3. The molecule has 2 heterocycles. The average molecular weight is 353 g/mol. The van der Waals surface area contributed by atoms with Crippen molar-refractivity contribution in [3.63, 3.8) is 0 Å². The first-order valence-electron chi connectivity index (χ1n) is 8.23. The van der Waals surface area contributed by atoms with E-state index in [1.165, 1.54) is 17.0 Å². The van der Waals surface area contributed by atoms with Gasteiger partial charge in [-0.25, -0.2) is 4.98 Å². The van der Waals surface area contributed by atoms with Crippen molar-refractivity contribution >= 4 is 16.5 Å². The Balaban J connectivity index is 1.77. The summed E-state index contributed by atoms with van der Waals surface area (Å²) in [4.78, 5) is 4.75. The summed E-state index contributed by atoms with van der Waals surface area (Å²) in [5.74, 6) is 0.889. The summed E-state index contributed by atoms with van der Waals surface area (Å²) >= 11 is 1.62. The van der Waals surface area contributed by atoms with Gasteiger partial charge in [-0.15, -0.1) is 17.9 Å². The number of hydrogen-bond acceptors (Lipinski definition) is 4. The van der Waals surface area contributed by atoms with Crippen LogP contribution in [-0.4, -0.2) is 16.7 Å². The monoisotopic (exact) mass is 353 g/mol. The van der Waals surface area contributed by atoms with Gasteiger partial charge >= 0.3 is 0 Å². The fourth-order valence-corrected chi connectivity index (χ4v) is 3.68. The molecule has 0 spiro atoms. The van der Waals surface area contributed by atoms with Crippen LogP contribution in [0.1, 0.15) is 17.0 Å². The molecule has 1 aromatic carbocycles. The largest absolute Gasteiger partial charge is 0.496 e. The van der Waals surface area contributed by atoms with Gasteiger partial charge in [-0.1, -0.05) is 24.3 Å². The molecule has 0 radical (unpaired) electrons. The van der Waals surface area contributed by atoms with Gasteiger partial charge in [0, 0.05) is 41.0 Å². The molecular weight excluding hydrogens is 330 g/mol. The molecule has 5 heteroatoms. The molecule has 0 aliphatic heterocycles. The van der Waals surface area contributed by atoms with E-state index in [0.29, 0.717) is 6.54 Å². The van der Waals surface area contributed by atoms with E-state index in [-0.39, 0.29) is 0 Å². The van der Waals surface area contributed by atoms with E-state index < -0.39 is 0 Å². The predicted octanol–water partition coefficient (Wildman–Crippen LogP) is 5.04. The zero-order valence-corrected chi connectivity index (χ0v) is 15.7. The Morgan fingerprint density at radius 2 is 2.12 bits per heavy atom. The molecule has 0 atom stereocenters. The van der Waals surface area contributed by atoms with E-state index in [1.807, 2.05) is 24.3 Å². The van der Waals surface area contributed by atoms with Crippen LogP contribution in [0.25, 0.3) is 11.3 Å². The maximum Gasteiger partial charge on any atom is 0.183 e. The molecule has 0 unspecified atom stereocenters. The molecule has 2 aromatic heterocycles. The quantitative estimate of drug-likeness (QED) is 0.605. The molecular formula is C20H23N3OS. The summed E-state index contributed by atoms with van der Waals surface area (Å²) in [5, 5.41) is 6.41. The van der Waals surface area contributed by atoms with Gasteiger partial charge in [0.25, 0.3) is 0 Å². The molecule has 0 amide bonds. The van der Waals surface area contributed by atoms with Crippen molar-refractivity contribution in [1.82, 2.24) is 9.55 Å². The smallest absolute Gasteiger partial charge is 0.183 e. The molecule has 0 fully saturated rings. The lowest BCUT2D eigenvalue weighted by Gasteiger charge is -2.08. The highest BCUT2D eigenvalue weighted by Gasteiger charge is 2.13. The minimum Gasteiger partial charge on any atom is -0.496 e. The maximum absolute atomic E-state index is 5.40. The van der Waals surface area contributed by atoms with Crippen molar-refractivity contribution in [2.45, 2.75) is 26.9 Å². The van der Waals surface area contributed by atoms with Crippen LogP contribution in [0.3, 0.4) is 0 Å². The molecule has 4 nitrogen and oxygen atoms in total. The van der Waals surface area contributed by atoms with Crippen LogP contribution >= 0.6 is 11.3 Å². The van der Waals surface area contributed by atoms with Gasteiger partial charge in [0.2, 0.25) is 0 Å². The van der Waals surface area contributed by atoms with Crippen LogP contribution in [0.2, 0.25) is 0 Å². The zero-order valence-electron chi connectivity index (χ0n) is 14.9. The molecule has 0 saturated carbocycles. The second-order valence-corrected chi connectivity index (χ2v) is 6.75. The third-order valence-corrected chi connectivity index (χ3v) is 5.09. The van der Waals surface area contributed by atoms with E-state index in [2.05, 4.69) is 47.8 Å². The molecule has 1 N–H and O–H groups in total. The van der Waals surface area contributed by atoms with Crippen LogP contribution in [0.5, 0.6) is 5.75 Å². The lowest BCUT2D eigenvalue weighted by Crippen LogP contribution is -2.01. The van der Waals surface area contributed by atoms with Gasteiger partial charge in [0.05, 0.1) is 12.8 Å². The molecule has 0 bridgehead atoms. The lowest BCUT2D eigenvalue weighted by molar-refractivity contribution is 0.410. The van der Waals surface area contributed by atoms with Crippen LogP contribution in [0, 0.1) is 13.8 Å². The highest BCUT2D eigenvalue weighted by Crippen LogP contribution is 2.30. The number of nitrogens with zero attached hydrogens (tertiary/aromatic N) is 2. The van der Waals surface area contributed by atoms with Crippen molar-refractivity contribution in [3.05, 3.63) is 65.3 Å². The van der Waals surface area contributed by atoms with Gasteiger partial charge in [-0.3, -0.25) is 0 Å². The Hall–Kier alpha value is -2.53. The van der Waals surface area contributed by atoms with Crippen molar-refractivity contribution in [2.75, 3.05) is 12.4 Å². The fraction of sp³-hybridized carbons (Fsp3) is 0.250. The first-order valence-corrected chi connectivity index (χ1v) is 9.11. The molecule has 0 saturated heterocycles. The van der Waals surface area contributed by atoms with E-state index in [4.69, 9.17) is 9.72 Å². The minimum absolute atomic E-state index is 0.687. The first-order chi connectivity index (χ1) is 12.1. The summed E-state index contributed by atoms with van der Waals surface area (Å²) in [5.41, 5.74) is 5.76. The second kappa shape index (κ2) is 7.57. The molecule has 3 rings (SSSR count). The number of benzene rings is 1. The Bertz CT molecular complexity index is 879. The number of anilines is 1. The third kappa shape index (κ3) is 3.61. The third-order valence-electron chi connectivity index (χ3n) is 4.29. The van der Waals surface area contributed by atoms with E-state index in [9.17, 15) is 0 Å². The normalized spacial score (nSPS) is 10.7. The number of rotatable bonds is 7. The number of para-hydroxylation sites is 1. The fourth-order valence-electron chi connectivity index (χ4n) is 2.97. The molecule has 25 heavy (non-hydrogen) atoms. The van der Waals surface area contributed by atoms with Gasteiger partial charge in [-0.05, 0) is 26.0 Å². The summed E-state index contributed by atoms with van der Waals surface area (Å²) in [6, 6.07) is 10.2. The van der Waals surface area contributed by atoms with Crippen molar-refractivity contribution < 1.29 is 4.74 Å². The zero-order chi connectivity index (χ0) is 17.8. The maximum atomic E-state index is 5.40. The van der Waals surface area contributed by atoms with Crippen LogP contribution < -0.4 is 10.1 Å². The molecule has 130 valence electrons. The Kier molecular flexibility index (Phi) is 5.24. The van der Waals surface area contributed by atoms with E-state index in [0.717, 1.165) is 28.7 Å². The van der Waals surface area contributed by atoms with E-state index >= 15 is 0 Å². The standard InChI is InChI=1S/C20H23N3OS/c1-5-10-23-14(2)11-17(15(23)3)18-13-25-20(22-18)21-12-16-8-6-7-9-19(16)24-4/h5-9,11,13H,1,10,12H2,2-4H3,(H,21,22). The Morgan fingerprint density at radius 1 is 1.32 bits per heavy atom. The summed E-state index contributed by atoms with van der Waals surface area (Å²) in [7, 11) is 1.69. The number of aromatic nitrogens is 2. The number of hydrogen-bond donors (Lipinski definition) is 1. The van der Waals surface area contributed by atoms with Crippen LogP contribution in [-0.2, 0) is 13.1 Å².